The normalized spacial score (nSPS) is 23.0. The van der Waals surface area contributed by atoms with Crippen molar-refractivity contribution in [2.24, 2.45) is 7.05 Å². The van der Waals surface area contributed by atoms with Gasteiger partial charge in [-0.2, -0.15) is 4.31 Å². The number of nitrogens with zero attached hydrogens (tertiary/aromatic N) is 4. The number of hydrogen-bond acceptors (Lipinski definition) is 5. The highest BCUT2D eigenvalue weighted by atomic mass is 32.2. The van der Waals surface area contributed by atoms with E-state index in [9.17, 15) is 13.5 Å². The fourth-order valence-electron chi connectivity index (χ4n) is 2.75. The highest BCUT2D eigenvalue weighted by Gasteiger charge is 2.41. The summed E-state index contributed by atoms with van der Waals surface area (Å²) in [6, 6.07) is 3.19. The standard InChI is InChI=1S/C14H18N4O3S/c1-17-9-14(16-10-17)22(20,21)18-6-4-13(19)12(18)7-11-3-2-5-15-8-11/h2-3,5,8-10,12-13,19H,4,6-7H2,1H3/t12-,13+/m0/s1. The summed E-state index contributed by atoms with van der Waals surface area (Å²) in [5, 5.41) is 10.2. The molecule has 0 aromatic carbocycles. The largest absolute Gasteiger partial charge is 0.391 e. The first-order valence-corrected chi connectivity index (χ1v) is 8.49. The van der Waals surface area contributed by atoms with Crippen LogP contribution in [0, 0.1) is 0 Å². The van der Waals surface area contributed by atoms with Gasteiger partial charge in [0.2, 0.25) is 0 Å². The highest BCUT2D eigenvalue weighted by Crippen LogP contribution is 2.27. The van der Waals surface area contributed by atoms with Gasteiger partial charge in [0, 0.05) is 32.2 Å². The molecular weight excluding hydrogens is 304 g/mol. The van der Waals surface area contributed by atoms with Crippen LogP contribution in [0.5, 0.6) is 0 Å². The van der Waals surface area contributed by atoms with Crippen LogP contribution in [-0.2, 0) is 23.5 Å². The zero-order valence-electron chi connectivity index (χ0n) is 12.2. The second-order valence-electron chi connectivity index (χ2n) is 5.48. The van der Waals surface area contributed by atoms with E-state index in [1.165, 1.54) is 16.8 Å². The Kier molecular flexibility index (Phi) is 3.98. The number of sulfonamides is 1. The summed E-state index contributed by atoms with van der Waals surface area (Å²) < 4.78 is 28.4. The molecule has 1 N–H and O–H groups in total. The minimum absolute atomic E-state index is 0.0142. The molecule has 3 rings (SSSR count). The molecular formula is C14H18N4O3S. The number of pyridine rings is 1. The van der Waals surface area contributed by atoms with Crippen molar-refractivity contribution in [1.82, 2.24) is 18.8 Å². The van der Waals surface area contributed by atoms with Crippen molar-refractivity contribution in [1.29, 1.82) is 0 Å². The van der Waals surface area contributed by atoms with Crippen molar-refractivity contribution in [3.63, 3.8) is 0 Å². The van der Waals surface area contributed by atoms with Gasteiger partial charge in [0.05, 0.1) is 18.5 Å². The molecule has 0 unspecified atom stereocenters. The molecule has 0 saturated carbocycles. The van der Waals surface area contributed by atoms with Crippen LogP contribution in [0.1, 0.15) is 12.0 Å². The second kappa shape index (κ2) is 5.79. The third kappa shape index (κ3) is 2.77. The lowest BCUT2D eigenvalue weighted by Crippen LogP contribution is -2.41. The SMILES string of the molecule is Cn1cnc(S(=O)(=O)N2CC[C@@H](O)[C@@H]2Cc2cccnc2)c1. The van der Waals surface area contributed by atoms with Crippen molar-refractivity contribution < 1.29 is 13.5 Å². The molecule has 1 saturated heterocycles. The van der Waals surface area contributed by atoms with Crippen LogP contribution < -0.4 is 0 Å². The number of aliphatic hydroxyl groups is 1. The van der Waals surface area contributed by atoms with Crippen molar-refractivity contribution in [2.45, 2.75) is 30.0 Å². The van der Waals surface area contributed by atoms with Crippen molar-refractivity contribution >= 4 is 10.0 Å². The van der Waals surface area contributed by atoms with Gasteiger partial charge in [-0.25, -0.2) is 13.4 Å². The molecule has 1 aliphatic heterocycles. The highest BCUT2D eigenvalue weighted by molar-refractivity contribution is 7.89. The van der Waals surface area contributed by atoms with Gasteiger partial charge >= 0.3 is 0 Å². The van der Waals surface area contributed by atoms with Crippen LogP contribution >= 0.6 is 0 Å². The first-order valence-electron chi connectivity index (χ1n) is 7.05. The van der Waals surface area contributed by atoms with E-state index in [1.54, 1.807) is 30.1 Å². The molecule has 0 aliphatic carbocycles. The topological polar surface area (TPSA) is 88.3 Å². The van der Waals surface area contributed by atoms with Gasteiger partial charge in [0.1, 0.15) is 0 Å². The molecule has 8 heteroatoms. The van der Waals surface area contributed by atoms with Crippen LogP contribution in [-0.4, -0.2) is 51.1 Å². The third-order valence-electron chi connectivity index (χ3n) is 3.88. The second-order valence-corrected chi connectivity index (χ2v) is 7.32. The molecule has 2 aromatic heterocycles. The summed E-state index contributed by atoms with van der Waals surface area (Å²) in [6.07, 6.45) is 6.46. The van der Waals surface area contributed by atoms with Crippen LogP contribution in [0.3, 0.4) is 0 Å². The van der Waals surface area contributed by atoms with Gasteiger partial charge in [-0.05, 0) is 24.5 Å². The summed E-state index contributed by atoms with van der Waals surface area (Å²) in [4.78, 5) is 7.97. The molecule has 22 heavy (non-hydrogen) atoms. The molecule has 1 aliphatic rings. The zero-order chi connectivity index (χ0) is 15.7. The molecule has 0 radical (unpaired) electrons. The van der Waals surface area contributed by atoms with E-state index in [2.05, 4.69) is 9.97 Å². The zero-order valence-corrected chi connectivity index (χ0v) is 13.0. The summed E-state index contributed by atoms with van der Waals surface area (Å²) in [7, 11) is -1.98. The van der Waals surface area contributed by atoms with Gasteiger partial charge in [-0.1, -0.05) is 6.07 Å². The van der Waals surface area contributed by atoms with Crippen molar-refractivity contribution in [2.75, 3.05) is 6.54 Å². The lowest BCUT2D eigenvalue weighted by atomic mass is 10.0. The number of aromatic nitrogens is 3. The summed E-state index contributed by atoms with van der Waals surface area (Å²) >= 11 is 0. The Morgan fingerprint density at radius 3 is 2.91 bits per heavy atom. The Labute approximate surface area is 129 Å². The Morgan fingerprint density at radius 1 is 1.45 bits per heavy atom. The smallest absolute Gasteiger partial charge is 0.262 e. The average molecular weight is 322 g/mol. The maximum absolute atomic E-state index is 12.7. The van der Waals surface area contributed by atoms with Crippen molar-refractivity contribution in [3.8, 4) is 0 Å². The van der Waals surface area contributed by atoms with Crippen LogP contribution in [0.4, 0.5) is 0 Å². The Hall–Kier alpha value is -1.77. The maximum Gasteiger partial charge on any atom is 0.262 e. The lowest BCUT2D eigenvalue weighted by Gasteiger charge is -2.24. The molecule has 7 nitrogen and oxygen atoms in total. The summed E-state index contributed by atoms with van der Waals surface area (Å²) in [5.74, 6) is 0. The molecule has 2 aromatic rings. The fraction of sp³-hybridized carbons (Fsp3) is 0.429. The Morgan fingerprint density at radius 2 is 2.27 bits per heavy atom. The number of imidazole rings is 1. The van der Waals surface area contributed by atoms with E-state index in [0.29, 0.717) is 19.4 Å². The third-order valence-corrected chi connectivity index (χ3v) is 5.69. The first kappa shape index (κ1) is 15.1. The van der Waals surface area contributed by atoms with E-state index < -0.39 is 22.2 Å². The minimum atomic E-state index is -3.70. The molecule has 0 spiro atoms. The minimum Gasteiger partial charge on any atom is -0.391 e. The van der Waals surface area contributed by atoms with Crippen LogP contribution in [0.2, 0.25) is 0 Å². The van der Waals surface area contributed by atoms with Gasteiger partial charge in [0.25, 0.3) is 10.0 Å². The lowest BCUT2D eigenvalue weighted by molar-refractivity contribution is 0.141. The maximum atomic E-state index is 12.7. The number of aryl methyl sites for hydroxylation is 1. The fourth-order valence-corrected chi connectivity index (χ4v) is 4.39. The molecule has 0 amide bonds. The van der Waals surface area contributed by atoms with E-state index in [1.807, 2.05) is 6.07 Å². The number of hydrogen-bond donors (Lipinski definition) is 1. The average Bonchev–Trinajstić information content (AvgIpc) is 3.08. The van der Waals surface area contributed by atoms with E-state index >= 15 is 0 Å². The van der Waals surface area contributed by atoms with Gasteiger partial charge in [-0.3, -0.25) is 4.98 Å². The summed E-state index contributed by atoms with van der Waals surface area (Å²) in [6.45, 7) is 0.297. The van der Waals surface area contributed by atoms with Gasteiger partial charge < -0.3 is 9.67 Å². The van der Waals surface area contributed by atoms with Gasteiger partial charge in [0.15, 0.2) is 5.03 Å². The van der Waals surface area contributed by atoms with Crippen LogP contribution in [0.25, 0.3) is 0 Å². The monoisotopic (exact) mass is 322 g/mol. The van der Waals surface area contributed by atoms with E-state index in [4.69, 9.17) is 0 Å². The molecule has 118 valence electrons. The van der Waals surface area contributed by atoms with Crippen molar-refractivity contribution in [3.05, 3.63) is 42.6 Å². The predicted octanol–water partition coefficient (Wildman–Crippen LogP) is 0.182. The van der Waals surface area contributed by atoms with E-state index in [0.717, 1.165) is 5.56 Å². The Bertz CT molecular complexity index is 744. The first-order chi connectivity index (χ1) is 10.5. The quantitative estimate of drug-likeness (QED) is 0.867. The Balaban J connectivity index is 1.88. The molecule has 0 bridgehead atoms. The van der Waals surface area contributed by atoms with E-state index in [-0.39, 0.29) is 5.03 Å². The predicted molar refractivity (Wildman–Crippen MR) is 79.5 cm³/mol. The number of rotatable bonds is 4. The van der Waals surface area contributed by atoms with Gasteiger partial charge in [-0.15, -0.1) is 0 Å². The van der Waals surface area contributed by atoms with Crippen LogP contribution in [0.15, 0.2) is 42.1 Å². The molecule has 3 heterocycles. The molecule has 1 fully saturated rings. The molecule has 2 atom stereocenters. The summed E-state index contributed by atoms with van der Waals surface area (Å²) in [5.41, 5.74) is 0.898. The number of aliphatic hydroxyl groups excluding tert-OH is 1.